The second-order valence-corrected chi connectivity index (χ2v) is 5.00. The molecule has 1 N–H and O–H groups in total. The van der Waals surface area contributed by atoms with E-state index in [0.29, 0.717) is 5.56 Å². The number of nitrogens with zero attached hydrogens (tertiary/aromatic N) is 3. The van der Waals surface area contributed by atoms with Crippen LogP contribution in [0, 0.1) is 0 Å². The molecular formula is C14H8ClF3N4O. The first-order valence-corrected chi connectivity index (χ1v) is 6.72. The Morgan fingerprint density at radius 1 is 1.13 bits per heavy atom. The van der Waals surface area contributed by atoms with E-state index in [-0.39, 0.29) is 16.7 Å². The number of aromatic nitrogens is 4. The molecule has 2 aromatic heterocycles. The standard InChI is InChI=1S/C14H8ClF3N4O/c15-12-7-10(23)13(20-19-12)22-9(8-4-2-1-3-5-8)6-11(21-22)14(16,17)18/h1-7H,(H,19,23). The van der Waals surface area contributed by atoms with Crippen LogP contribution >= 0.6 is 11.6 Å². The number of H-pyrrole nitrogens is 1. The van der Waals surface area contributed by atoms with Crippen molar-refractivity contribution in [2.75, 3.05) is 0 Å². The van der Waals surface area contributed by atoms with Crippen LogP contribution in [0.3, 0.4) is 0 Å². The van der Waals surface area contributed by atoms with Gasteiger partial charge in [-0.2, -0.15) is 23.4 Å². The van der Waals surface area contributed by atoms with E-state index in [4.69, 9.17) is 11.6 Å². The van der Waals surface area contributed by atoms with Crippen molar-refractivity contribution in [3.8, 4) is 17.1 Å². The van der Waals surface area contributed by atoms with E-state index in [0.717, 1.165) is 16.8 Å². The van der Waals surface area contributed by atoms with Crippen molar-refractivity contribution in [1.82, 2.24) is 20.0 Å². The quantitative estimate of drug-likeness (QED) is 0.778. The topological polar surface area (TPSA) is 63.6 Å². The summed E-state index contributed by atoms with van der Waals surface area (Å²) in [5.74, 6) is -0.302. The second kappa shape index (κ2) is 5.54. The smallest absolute Gasteiger partial charge is 0.286 e. The van der Waals surface area contributed by atoms with Gasteiger partial charge in [0.15, 0.2) is 5.69 Å². The molecule has 0 unspecified atom stereocenters. The molecule has 0 saturated heterocycles. The number of halogens is 4. The molecule has 23 heavy (non-hydrogen) atoms. The predicted octanol–water partition coefficient (Wildman–Crippen LogP) is 3.29. The highest BCUT2D eigenvalue weighted by molar-refractivity contribution is 6.29. The molecule has 0 bridgehead atoms. The summed E-state index contributed by atoms with van der Waals surface area (Å²) in [6, 6.07) is 10.2. The van der Waals surface area contributed by atoms with Crippen LogP contribution in [-0.4, -0.2) is 20.0 Å². The minimum Gasteiger partial charge on any atom is -0.286 e. The zero-order valence-electron chi connectivity index (χ0n) is 11.3. The van der Waals surface area contributed by atoms with Gasteiger partial charge in [-0.1, -0.05) is 41.9 Å². The number of aromatic amines is 1. The van der Waals surface area contributed by atoms with Crippen LogP contribution < -0.4 is 5.43 Å². The van der Waals surface area contributed by atoms with E-state index < -0.39 is 17.3 Å². The van der Waals surface area contributed by atoms with Crippen molar-refractivity contribution in [2.24, 2.45) is 0 Å². The van der Waals surface area contributed by atoms with Crippen molar-refractivity contribution in [3.63, 3.8) is 0 Å². The van der Waals surface area contributed by atoms with Crippen LogP contribution in [0.4, 0.5) is 13.2 Å². The van der Waals surface area contributed by atoms with Crippen molar-refractivity contribution in [3.05, 3.63) is 63.5 Å². The molecule has 9 heteroatoms. The van der Waals surface area contributed by atoms with Crippen LogP contribution in [0.15, 0.2) is 47.3 Å². The summed E-state index contributed by atoms with van der Waals surface area (Å²) in [6.07, 6.45) is -4.64. The maximum absolute atomic E-state index is 13.0. The van der Waals surface area contributed by atoms with Crippen LogP contribution in [0.1, 0.15) is 5.69 Å². The van der Waals surface area contributed by atoms with Crippen molar-refractivity contribution >= 4 is 11.6 Å². The predicted molar refractivity (Wildman–Crippen MR) is 77.4 cm³/mol. The number of nitrogens with one attached hydrogen (secondary N) is 1. The zero-order chi connectivity index (χ0) is 16.6. The van der Waals surface area contributed by atoms with Gasteiger partial charge in [0.25, 0.3) is 0 Å². The van der Waals surface area contributed by atoms with Crippen molar-refractivity contribution < 1.29 is 13.2 Å². The number of hydrogen-bond acceptors (Lipinski definition) is 3. The summed E-state index contributed by atoms with van der Waals surface area (Å²) in [4.78, 5) is 12.0. The second-order valence-electron chi connectivity index (χ2n) is 4.59. The van der Waals surface area contributed by atoms with Crippen LogP contribution in [0.25, 0.3) is 17.1 Å². The maximum atomic E-state index is 13.0. The third-order valence-electron chi connectivity index (χ3n) is 3.02. The first kappa shape index (κ1) is 15.3. The van der Waals surface area contributed by atoms with E-state index in [1.54, 1.807) is 30.3 Å². The molecule has 3 rings (SSSR count). The number of alkyl halides is 3. The molecule has 3 aromatic rings. The summed E-state index contributed by atoms with van der Waals surface area (Å²) in [6.45, 7) is 0. The summed E-state index contributed by atoms with van der Waals surface area (Å²) in [7, 11) is 0. The molecule has 0 amide bonds. The molecule has 0 radical (unpaired) electrons. The maximum Gasteiger partial charge on any atom is 0.435 e. The summed E-state index contributed by atoms with van der Waals surface area (Å²) in [5.41, 5.74) is -1.21. The highest BCUT2D eigenvalue weighted by atomic mass is 35.5. The van der Waals surface area contributed by atoms with Gasteiger partial charge in [-0.15, -0.1) is 0 Å². The fraction of sp³-hybridized carbons (Fsp3) is 0.0714. The van der Waals surface area contributed by atoms with Gasteiger partial charge in [0.1, 0.15) is 5.15 Å². The van der Waals surface area contributed by atoms with Gasteiger partial charge in [-0.25, -0.2) is 4.68 Å². The normalized spacial score (nSPS) is 11.7. The minimum atomic E-state index is -4.64. The Morgan fingerprint density at radius 2 is 1.83 bits per heavy atom. The third kappa shape index (κ3) is 2.98. The van der Waals surface area contributed by atoms with E-state index in [9.17, 15) is 18.0 Å². The Labute approximate surface area is 132 Å². The SMILES string of the molecule is O=c1cc(Cl)[nH]nc1-n1nc(C(F)(F)F)cc1-c1ccccc1. The molecule has 0 atom stereocenters. The Balaban J connectivity index is 2.26. The van der Waals surface area contributed by atoms with Crippen LogP contribution in [0.2, 0.25) is 5.15 Å². The Hall–Kier alpha value is -2.61. The average molecular weight is 341 g/mol. The fourth-order valence-corrected chi connectivity index (χ4v) is 2.16. The number of rotatable bonds is 2. The lowest BCUT2D eigenvalue weighted by Gasteiger charge is -2.05. The molecule has 0 aliphatic rings. The van der Waals surface area contributed by atoms with Gasteiger partial charge < -0.3 is 0 Å². The van der Waals surface area contributed by atoms with Gasteiger partial charge >= 0.3 is 6.18 Å². The molecule has 5 nitrogen and oxygen atoms in total. The first-order valence-electron chi connectivity index (χ1n) is 6.34. The lowest BCUT2D eigenvalue weighted by Crippen LogP contribution is -2.17. The zero-order valence-corrected chi connectivity index (χ0v) is 12.1. The molecule has 1 aromatic carbocycles. The van der Waals surface area contributed by atoms with Crippen molar-refractivity contribution in [2.45, 2.75) is 6.18 Å². The van der Waals surface area contributed by atoms with E-state index in [1.807, 2.05) is 0 Å². The molecule has 0 spiro atoms. The average Bonchev–Trinajstić information content (AvgIpc) is 2.93. The summed E-state index contributed by atoms with van der Waals surface area (Å²) in [5, 5.41) is 9.49. The van der Waals surface area contributed by atoms with Crippen LogP contribution in [-0.2, 0) is 6.18 Å². The first-order chi connectivity index (χ1) is 10.9. The van der Waals surface area contributed by atoms with Gasteiger partial charge in [0.05, 0.1) is 5.69 Å². The molecule has 0 saturated carbocycles. The molecule has 0 fully saturated rings. The summed E-state index contributed by atoms with van der Waals surface area (Å²) < 4.78 is 39.8. The monoisotopic (exact) mass is 340 g/mol. The molecule has 118 valence electrons. The highest BCUT2D eigenvalue weighted by Gasteiger charge is 2.35. The van der Waals surface area contributed by atoms with E-state index in [2.05, 4.69) is 15.3 Å². The summed E-state index contributed by atoms with van der Waals surface area (Å²) >= 11 is 5.61. The molecule has 0 aliphatic carbocycles. The number of benzene rings is 1. The highest BCUT2D eigenvalue weighted by Crippen LogP contribution is 2.32. The van der Waals surface area contributed by atoms with Crippen LogP contribution in [0.5, 0.6) is 0 Å². The van der Waals surface area contributed by atoms with Gasteiger partial charge in [-0.3, -0.25) is 9.89 Å². The number of hydrogen-bond donors (Lipinski definition) is 1. The van der Waals surface area contributed by atoms with Gasteiger partial charge in [-0.05, 0) is 6.07 Å². The van der Waals surface area contributed by atoms with E-state index in [1.165, 1.54) is 0 Å². The van der Waals surface area contributed by atoms with Gasteiger partial charge in [0.2, 0.25) is 11.2 Å². The lowest BCUT2D eigenvalue weighted by molar-refractivity contribution is -0.141. The lowest BCUT2D eigenvalue weighted by atomic mass is 10.1. The van der Waals surface area contributed by atoms with Crippen molar-refractivity contribution in [1.29, 1.82) is 0 Å². The minimum absolute atomic E-state index is 0.0248. The molecule has 2 heterocycles. The molecular weight excluding hydrogens is 333 g/mol. The Bertz CT molecular complexity index is 902. The van der Waals surface area contributed by atoms with E-state index >= 15 is 0 Å². The molecule has 0 aliphatic heterocycles. The fourth-order valence-electron chi connectivity index (χ4n) is 2.02. The Morgan fingerprint density at radius 3 is 2.43 bits per heavy atom. The third-order valence-corrected chi connectivity index (χ3v) is 3.21. The Kier molecular flexibility index (Phi) is 3.69. The largest absolute Gasteiger partial charge is 0.435 e. The van der Waals surface area contributed by atoms with Gasteiger partial charge in [0, 0.05) is 11.6 Å².